The van der Waals surface area contributed by atoms with Crippen LogP contribution in [-0.4, -0.2) is 5.75 Å². The average molecular weight is 324 g/mol. The maximum absolute atomic E-state index is 6.01. The lowest BCUT2D eigenvalue weighted by molar-refractivity contribution is 1.11. The molecule has 0 amide bonds. The number of para-hydroxylation sites is 1. The molecule has 0 atom stereocenters. The highest BCUT2D eigenvalue weighted by Crippen LogP contribution is 2.36. The summed E-state index contributed by atoms with van der Waals surface area (Å²) in [6.07, 6.45) is 1.17. The Hall–Kier alpha value is -0.770. The molecule has 106 valence electrons. The number of halogens is 1. The second kappa shape index (κ2) is 7.87. The van der Waals surface area contributed by atoms with Crippen LogP contribution in [0.5, 0.6) is 0 Å². The Morgan fingerprint density at radius 2 is 1.90 bits per heavy atom. The zero-order chi connectivity index (χ0) is 14.4. The van der Waals surface area contributed by atoms with E-state index >= 15 is 0 Å². The van der Waals surface area contributed by atoms with Gasteiger partial charge in [-0.25, -0.2) is 0 Å². The molecular formula is C16H18ClNS2. The van der Waals surface area contributed by atoms with Crippen molar-refractivity contribution < 1.29 is 0 Å². The first-order valence-corrected chi connectivity index (χ1v) is 8.79. The van der Waals surface area contributed by atoms with Gasteiger partial charge in [0, 0.05) is 20.6 Å². The van der Waals surface area contributed by atoms with E-state index in [0.29, 0.717) is 0 Å². The van der Waals surface area contributed by atoms with Crippen molar-refractivity contribution in [3.05, 3.63) is 53.1 Å². The minimum absolute atomic E-state index is 0.789. The van der Waals surface area contributed by atoms with Gasteiger partial charge in [0.1, 0.15) is 0 Å². The van der Waals surface area contributed by atoms with Crippen LogP contribution in [0.25, 0.3) is 0 Å². The van der Waals surface area contributed by atoms with Crippen LogP contribution in [-0.2, 0) is 0 Å². The average Bonchev–Trinajstić information content (AvgIpc) is 2.44. The summed E-state index contributed by atoms with van der Waals surface area (Å²) in [6.45, 7) is 4.28. The predicted molar refractivity (Wildman–Crippen MR) is 93.1 cm³/mol. The lowest BCUT2D eigenvalue weighted by Gasteiger charge is -2.12. The maximum Gasteiger partial charge on any atom is 0.0581 e. The highest BCUT2D eigenvalue weighted by Gasteiger charge is 2.06. The number of hydrogen-bond acceptors (Lipinski definition) is 3. The van der Waals surface area contributed by atoms with E-state index in [9.17, 15) is 0 Å². The van der Waals surface area contributed by atoms with Crippen molar-refractivity contribution in [1.82, 2.24) is 0 Å². The molecule has 0 bridgehead atoms. The largest absolute Gasteiger partial charge is 0.329 e. The van der Waals surface area contributed by atoms with E-state index in [2.05, 4.69) is 48.9 Å². The van der Waals surface area contributed by atoms with E-state index < -0.39 is 0 Å². The fourth-order valence-electron chi connectivity index (χ4n) is 1.72. The molecule has 2 aromatic rings. The van der Waals surface area contributed by atoms with Crippen molar-refractivity contribution in [1.29, 1.82) is 0 Å². The number of anilines is 1. The van der Waals surface area contributed by atoms with E-state index in [0.717, 1.165) is 10.8 Å². The van der Waals surface area contributed by atoms with Crippen LogP contribution < -0.4 is 4.72 Å². The molecule has 0 unspecified atom stereocenters. The van der Waals surface area contributed by atoms with Crippen LogP contribution in [0, 0.1) is 6.92 Å². The molecule has 1 nitrogen and oxygen atoms in total. The fourth-order valence-corrected chi connectivity index (χ4v) is 3.62. The van der Waals surface area contributed by atoms with Crippen molar-refractivity contribution in [3.63, 3.8) is 0 Å². The maximum atomic E-state index is 6.01. The van der Waals surface area contributed by atoms with Crippen LogP contribution in [0.3, 0.4) is 0 Å². The Balaban J connectivity index is 2.16. The van der Waals surface area contributed by atoms with Crippen LogP contribution in [0.4, 0.5) is 5.69 Å². The summed E-state index contributed by atoms with van der Waals surface area (Å²) in [6, 6.07) is 14.4. The van der Waals surface area contributed by atoms with Gasteiger partial charge in [-0.05, 0) is 49.2 Å². The Morgan fingerprint density at radius 3 is 2.65 bits per heavy atom. The molecule has 0 fully saturated rings. The van der Waals surface area contributed by atoms with Crippen LogP contribution in [0.15, 0.2) is 52.3 Å². The van der Waals surface area contributed by atoms with E-state index in [1.165, 1.54) is 27.5 Å². The van der Waals surface area contributed by atoms with Crippen molar-refractivity contribution >= 4 is 41.0 Å². The molecule has 1 N–H and O–H groups in total. The lowest BCUT2D eigenvalue weighted by Crippen LogP contribution is -1.91. The minimum atomic E-state index is 0.789. The van der Waals surface area contributed by atoms with Gasteiger partial charge < -0.3 is 4.72 Å². The molecule has 0 aromatic heterocycles. The third-order valence-corrected chi connectivity index (χ3v) is 5.20. The van der Waals surface area contributed by atoms with Gasteiger partial charge in [-0.2, -0.15) is 0 Å². The van der Waals surface area contributed by atoms with Crippen molar-refractivity contribution in [2.75, 3.05) is 10.5 Å². The molecule has 0 heterocycles. The Bertz CT molecular complexity index is 572. The summed E-state index contributed by atoms with van der Waals surface area (Å²) in [5, 5.41) is 0.789. The Morgan fingerprint density at radius 1 is 1.10 bits per heavy atom. The molecule has 0 aliphatic heterocycles. The topological polar surface area (TPSA) is 12.0 Å². The zero-order valence-electron chi connectivity index (χ0n) is 11.7. The van der Waals surface area contributed by atoms with Crippen molar-refractivity contribution in [2.45, 2.75) is 30.1 Å². The number of hydrogen-bond donors (Lipinski definition) is 1. The third kappa shape index (κ3) is 4.37. The number of rotatable bonds is 6. The van der Waals surface area contributed by atoms with Crippen LogP contribution >= 0.6 is 35.3 Å². The fraction of sp³-hybridized carbons (Fsp3) is 0.250. The van der Waals surface area contributed by atoms with Gasteiger partial charge >= 0.3 is 0 Å². The molecule has 0 spiro atoms. The number of nitrogens with one attached hydrogen (secondary N) is 1. The van der Waals surface area contributed by atoms with Crippen LogP contribution in [0.1, 0.15) is 18.9 Å². The second-order valence-corrected chi connectivity index (χ2v) is 6.88. The first kappa shape index (κ1) is 15.6. The smallest absolute Gasteiger partial charge is 0.0581 e. The summed E-state index contributed by atoms with van der Waals surface area (Å²) in [5.41, 5.74) is 2.38. The number of aryl methyl sites for hydroxylation is 1. The van der Waals surface area contributed by atoms with E-state index in [1.54, 1.807) is 23.7 Å². The summed E-state index contributed by atoms with van der Waals surface area (Å²) in [7, 11) is 0. The van der Waals surface area contributed by atoms with E-state index in [4.69, 9.17) is 11.6 Å². The molecule has 2 rings (SSSR count). The summed E-state index contributed by atoms with van der Waals surface area (Å²) >= 11 is 9.54. The highest BCUT2D eigenvalue weighted by molar-refractivity contribution is 8.01. The SMILES string of the molecule is CCCSNc1ccccc1Sc1ccc(Cl)cc1C. The van der Waals surface area contributed by atoms with E-state index in [-0.39, 0.29) is 0 Å². The minimum Gasteiger partial charge on any atom is -0.329 e. The molecular weight excluding hydrogens is 306 g/mol. The van der Waals surface area contributed by atoms with E-state index in [1.807, 2.05) is 12.1 Å². The van der Waals surface area contributed by atoms with Crippen molar-refractivity contribution in [3.8, 4) is 0 Å². The normalized spacial score (nSPS) is 10.6. The standard InChI is InChI=1S/C16H18ClNS2/c1-3-10-19-18-14-6-4-5-7-16(14)20-15-9-8-13(17)11-12(15)2/h4-9,11,18H,3,10H2,1-2H3. The first-order chi connectivity index (χ1) is 9.70. The first-order valence-electron chi connectivity index (χ1n) is 6.61. The highest BCUT2D eigenvalue weighted by atomic mass is 35.5. The van der Waals surface area contributed by atoms with Gasteiger partial charge in [0.25, 0.3) is 0 Å². The molecule has 0 aliphatic carbocycles. The molecule has 0 saturated heterocycles. The Kier molecular flexibility index (Phi) is 6.14. The van der Waals surface area contributed by atoms with Gasteiger partial charge in [0.2, 0.25) is 0 Å². The molecule has 2 aromatic carbocycles. The van der Waals surface area contributed by atoms with Crippen molar-refractivity contribution in [2.24, 2.45) is 0 Å². The Labute approximate surface area is 134 Å². The molecule has 0 saturated carbocycles. The zero-order valence-corrected chi connectivity index (χ0v) is 14.0. The summed E-state index contributed by atoms with van der Waals surface area (Å²) in [4.78, 5) is 2.48. The summed E-state index contributed by atoms with van der Waals surface area (Å²) in [5.74, 6) is 1.11. The lowest BCUT2D eigenvalue weighted by atomic mass is 10.2. The predicted octanol–water partition coefficient (Wildman–Crippen LogP) is 6.27. The quantitative estimate of drug-likeness (QED) is 0.497. The molecule has 20 heavy (non-hydrogen) atoms. The van der Waals surface area contributed by atoms with Crippen LogP contribution in [0.2, 0.25) is 5.02 Å². The monoisotopic (exact) mass is 323 g/mol. The third-order valence-electron chi connectivity index (χ3n) is 2.73. The molecule has 0 radical (unpaired) electrons. The van der Waals surface area contributed by atoms with Gasteiger partial charge in [-0.15, -0.1) is 0 Å². The summed E-state index contributed by atoms with van der Waals surface area (Å²) < 4.78 is 3.44. The molecule has 4 heteroatoms. The second-order valence-electron chi connectivity index (χ2n) is 4.46. The van der Waals surface area contributed by atoms with Gasteiger partial charge in [-0.3, -0.25) is 0 Å². The van der Waals surface area contributed by atoms with Gasteiger partial charge in [0.15, 0.2) is 0 Å². The molecule has 0 aliphatic rings. The number of benzene rings is 2. The van der Waals surface area contributed by atoms with Gasteiger partial charge in [-0.1, -0.05) is 54.4 Å². The van der Waals surface area contributed by atoms with Gasteiger partial charge in [0.05, 0.1) is 5.69 Å².